The topological polar surface area (TPSA) is 210 Å². The highest BCUT2D eigenvalue weighted by Gasteiger charge is 2.30. The fraction of sp³-hybridized carbons (Fsp3) is 0.250. The van der Waals surface area contributed by atoms with Crippen molar-refractivity contribution in [1.29, 1.82) is 0 Å². The summed E-state index contributed by atoms with van der Waals surface area (Å²) in [6, 6.07) is 10.5. The third-order valence-electron chi connectivity index (χ3n) is 8.49. The van der Waals surface area contributed by atoms with Gasteiger partial charge in [0, 0.05) is 62.3 Å². The van der Waals surface area contributed by atoms with Gasteiger partial charge in [-0.2, -0.15) is 10.2 Å². The average Bonchev–Trinajstić information content (AvgIpc) is 3.87. The van der Waals surface area contributed by atoms with Gasteiger partial charge in [0.1, 0.15) is 17.0 Å². The number of amides is 3. The molecule has 3 amide bonds. The van der Waals surface area contributed by atoms with E-state index in [1.54, 1.807) is 53.0 Å². The second-order valence-electron chi connectivity index (χ2n) is 12.0. The lowest BCUT2D eigenvalue weighted by Crippen LogP contribution is -2.26. The van der Waals surface area contributed by atoms with Crippen molar-refractivity contribution in [2.45, 2.75) is 47.3 Å². The number of amidine groups is 1. The minimum absolute atomic E-state index is 0.197. The third kappa shape index (κ3) is 6.85. The Morgan fingerprint density at radius 3 is 2.33 bits per heavy atom. The second-order valence-corrected chi connectivity index (χ2v) is 12.0. The molecule has 5 aromatic rings. The highest BCUT2D eigenvalue weighted by atomic mass is 16.2. The van der Waals surface area contributed by atoms with Crippen LogP contribution in [0.5, 0.6) is 0 Å². The molecule has 5 heterocycles. The average molecular weight is 702 g/mol. The van der Waals surface area contributed by atoms with Crippen molar-refractivity contribution in [3.8, 4) is 0 Å². The second kappa shape index (κ2) is 14.6. The van der Waals surface area contributed by atoms with Gasteiger partial charge in [-0.1, -0.05) is 12.2 Å². The smallest absolute Gasteiger partial charge is 0.276 e. The van der Waals surface area contributed by atoms with Gasteiger partial charge in [-0.3, -0.25) is 43.6 Å². The van der Waals surface area contributed by atoms with Gasteiger partial charge in [0.2, 0.25) is 17.8 Å². The molecule has 1 aromatic carbocycles. The van der Waals surface area contributed by atoms with E-state index in [1.165, 1.54) is 6.20 Å². The largest absolute Gasteiger partial charge is 0.366 e. The number of allylic oxidation sites excluding steroid dienone is 1. The minimum Gasteiger partial charge on any atom is -0.366 e. The number of anilines is 2. The number of carbonyl (C=O) groups is 3. The van der Waals surface area contributed by atoms with Crippen molar-refractivity contribution in [2.75, 3.05) is 23.8 Å². The number of primary amides is 2. The zero-order chi connectivity index (χ0) is 37.1. The van der Waals surface area contributed by atoms with Crippen molar-refractivity contribution in [2.24, 2.45) is 21.5 Å². The lowest BCUT2D eigenvalue weighted by Gasteiger charge is -2.18. The number of nitrogens with one attached hydrogen (secondary N) is 1. The molecular weight excluding hydrogens is 662 g/mol. The van der Waals surface area contributed by atoms with Crippen LogP contribution in [0.4, 0.5) is 11.6 Å². The van der Waals surface area contributed by atoms with Crippen LogP contribution in [0.2, 0.25) is 0 Å². The first-order chi connectivity index (χ1) is 25.0. The normalized spacial score (nSPS) is 14.4. The Hall–Kier alpha value is -6.71. The first kappa shape index (κ1) is 35.1. The number of hydrogen-bond acceptors (Lipinski definition) is 9. The number of carbonyl (C=O) groups excluding carboxylic acids is 3. The van der Waals surface area contributed by atoms with Crippen LogP contribution in [0.3, 0.4) is 0 Å². The number of rotatable bonds is 12. The molecule has 0 atom stereocenters. The Morgan fingerprint density at radius 2 is 1.62 bits per heavy atom. The Morgan fingerprint density at radius 1 is 0.904 bits per heavy atom. The number of hydrogen-bond donors (Lipinski definition) is 3. The zero-order valence-corrected chi connectivity index (χ0v) is 29.5. The van der Waals surface area contributed by atoms with Crippen molar-refractivity contribution in [3.63, 3.8) is 0 Å². The molecule has 0 saturated heterocycles. The van der Waals surface area contributed by atoms with Gasteiger partial charge in [0.05, 0.1) is 34.5 Å². The molecule has 0 radical (unpaired) electrons. The maximum atomic E-state index is 13.4. The molecule has 6 rings (SSSR count). The first-order valence-corrected chi connectivity index (χ1v) is 16.7. The van der Waals surface area contributed by atoms with Crippen LogP contribution in [0.1, 0.15) is 67.7 Å². The van der Waals surface area contributed by atoms with Gasteiger partial charge in [-0.05, 0) is 64.1 Å². The quantitative estimate of drug-likeness (QED) is 0.129. The van der Waals surface area contributed by atoms with Crippen molar-refractivity contribution >= 4 is 58.1 Å². The van der Waals surface area contributed by atoms with Crippen LogP contribution in [0.15, 0.2) is 70.9 Å². The number of benzene rings is 1. The van der Waals surface area contributed by atoms with Gasteiger partial charge in [-0.25, -0.2) is 9.97 Å². The summed E-state index contributed by atoms with van der Waals surface area (Å²) in [7, 11) is 1.70. The molecule has 0 aliphatic carbocycles. The van der Waals surface area contributed by atoms with E-state index in [1.807, 2.05) is 61.6 Å². The van der Waals surface area contributed by atoms with E-state index in [2.05, 4.69) is 35.5 Å². The molecule has 266 valence electrons. The van der Waals surface area contributed by atoms with E-state index < -0.39 is 11.8 Å². The number of aromatic nitrogens is 7. The molecule has 0 spiro atoms. The van der Waals surface area contributed by atoms with E-state index in [-0.39, 0.29) is 24.0 Å². The van der Waals surface area contributed by atoms with E-state index in [0.29, 0.717) is 53.6 Å². The van der Waals surface area contributed by atoms with Crippen LogP contribution >= 0.6 is 0 Å². The zero-order valence-electron chi connectivity index (χ0n) is 29.5. The Bertz CT molecular complexity index is 2340. The Labute approximate surface area is 299 Å². The molecule has 1 aliphatic rings. The van der Waals surface area contributed by atoms with Gasteiger partial charge >= 0.3 is 0 Å². The highest BCUT2D eigenvalue weighted by molar-refractivity contribution is 6.35. The van der Waals surface area contributed by atoms with Crippen molar-refractivity contribution in [3.05, 3.63) is 100 Å². The van der Waals surface area contributed by atoms with Gasteiger partial charge in [-0.15, -0.1) is 0 Å². The van der Waals surface area contributed by atoms with Crippen molar-refractivity contribution < 1.29 is 14.4 Å². The molecule has 16 nitrogen and oxygen atoms in total. The molecule has 1 aliphatic heterocycles. The molecule has 0 bridgehead atoms. The molecular formula is C36H39N13O3. The maximum absolute atomic E-state index is 13.4. The minimum atomic E-state index is -0.638. The third-order valence-corrected chi connectivity index (χ3v) is 8.49. The summed E-state index contributed by atoms with van der Waals surface area (Å²) < 4.78 is 5.22. The molecule has 52 heavy (non-hydrogen) atoms. The fourth-order valence-electron chi connectivity index (χ4n) is 6.09. The SMILES string of the molecule is CCn1nc(C)cc1/C=N/C=C1\C(=N/C)N(C/C=C/Cn2c(NC(=O)c3cc(C)nn3CC)nc3cc(C(N)=O)cnc32)c2ccc(C(N)=O)cc21. The summed E-state index contributed by atoms with van der Waals surface area (Å²) in [5, 5.41) is 11.7. The number of aliphatic imine (C=N–C) groups is 2. The maximum Gasteiger partial charge on any atom is 0.276 e. The van der Waals surface area contributed by atoms with Gasteiger partial charge in [0.25, 0.3) is 5.91 Å². The number of imidazole rings is 1. The predicted molar refractivity (Wildman–Crippen MR) is 200 cm³/mol. The van der Waals surface area contributed by atoms with Gasteiger partial charge < -0.3 is 16.4 Å². The lowest BCUT2D eigenvalue weighted by molar-refractivity contribution is 0.0991. The first-order valence-electron chi connectivity index (χ1n) is 16.7. The summed E-state index contributed by atoms with van der Waals surface area (Å²) in [5.74, 6) is -0.669. The Balaban J connectivity index is 1.30. The number of pyridine rings is 1. The molecule has 4 aromatic heterocycles. The van der Waals surface area contributed by atoms with Crippen LogP contribution in [-0.4, -0.2) is 77.5 Å². The van der Waals surface area contributed by atoms with Crippen LogP contribution in [0, 0.1) is 13.8 Å². The van der Waals surface area contributed by atoms with Crippen LogP contribution in [0.25, 0.3) is 16.7 Å². The lowest BCUT2D eigenvalue weighted by atomic mass is 10.0. The van der Waals surface area contributed by atoms with Gasteiger partial charge in [0.15, 0.2) is 5.65 Å². The van der Waals surface area contributed by atoms with Crippen LogP contribution in [-0.2, 0) is 19.6 Å². The fourth-order valence-corrected chi connectivity index (χ4v) is 6.09. The predicted octanol–water partition coefficient (Wildman–Crippen LogP) is 3.50. The standard InChI is InChI=1S/C36H39N13O3/c1-6-48-25(14-21(3)44-48)19-40-20-27-26-16-23(31(37)50)10-11-29(26)46(33(27)39-5)12-8-9-13-47-34-28(17-24(18-41-34)32(38)51)42-36(47)43-35(52)30-15-22(4)45-49(30)7-2/h8-11,14-20H,6-7,12-13H2,1-5H3,(H2,37,50)(H2,38,51)(H,42,43,52)/b9-8+,27-20-,39-33+,40-19+. The molecule has 16 heteroatoms. The highest BCUT2D eigenvalue weighted by Crippen LogP contribution is 2.38. The number of nitrogens with zero attached hydrogens (tertiary/aromatic N) is 10. The molecule has 0 fully saturated rings. The number of fused-ring (bicyclic) bond motifs is 2. The summed E-state index contributed by atoms with van der Waals surface area (Å²) in [6.45, 7) is 9.56. The number of aryl methyl sites for hydroxylation is 4. The van der Waals surface area contributed by atoms with Crippen molar-refractivity contribution in [1.82, 2.24) is 34.1 Å². The van der Waals surface area contributed by atoms with E-state index in [9.17, 15) is 14.4 Å². The van der Waals surface area contributed by atoms with E-state index >= 15 is 0 Å². The molecule has 0 unspecified atom stereocenters. The van der Waals surface area contributed by atoms with E-state index in [0.717, 1.165) is 28.2 Å². The summed E-state index contributed by atoms with van der Waals surface area (Å²) in [5.41, 5.74) is 17.7. The Kier molecular flexibility index (Phi) is 9.89. The summed E-state index contributed by atoms with van der Waals surface area (Å²) >= 11 is 0. The van der Waals surface area contributed by atoms with Crippen LogP contribution < -0.4 is 21.7 Å². The van der Waals surface area contributed by atoms with E-state index in [4.69, 9.17) is 11.5 Å². The summed E-state index contributed by atoms with van der Waals surface area (Å²) in [6.07, 6.45) is 8.72. The molecule has 5 N–H and O–H groups in total. The monoisotopic (exact) mass is 701 g/mol. The number of nitrogens with two attached hydrogens (primary N) is 2. The molecule has 0 saturated carbocycles. The summed E-state index contributed by atoms with van der Waals surface area (Å²) in [4.78, 5) is 57.7.